The molecule has 1 aliphatic rings. The van der Waals surface area contributed by atoms with E-state index in [9.17, 15) is 20.4 Å². The number of hydrogen-bond acceptors (Lipinski definition) is 6. The van der Waals surface area contributed by atoms with Crippen molar-refractivity contribution in [2.45, 2.75) is 62.1 Å². The lowest BCUT2D eigenvalue weighted by molar-refractivity contribution is -0.188. The Balaban J connectivity index is 1.87. The summed E-state index contributed by atoms with van der Waals surface area (Å²) in [5.74, 6) is 1.17. The number of thioether (sulfide) groups is 1. The Labute approximate surface area is 176 Å². The van der Waals surface area contributed by atoms with Gasteiger partial charge in [0.05, 0.1) is 12.7 Å². The van der Waals surface area contributed by atoms with Crippen molar-refractivity contribution in [1.29, 1.82) is 0 Å². The summed E-state index contributed by atoms with van der Waals surface area (Å²) in [6, 6.07) is 14.5. The first kappa shape index (κ1) is 22.3. The molecule has 2 aromatic carbocycles. The second kappa shape index (κ2) is 10.1. The summed E-state index contributed by atoms with van der Waals surface area (Å²) < 4.78 is 5.65. The molecule has 0 spiro atoms. The molecule has 2 aromatic rings. The van der Waals surface area contributed by atoms with Crippen LogP contribution in [-0.4, -0.2) is 51.3 Å². The zero-order valence-corrected chi connectivity index (χ0v) is 17.7. The molecular weight excluding hydrogens is 388 g/mol. The molecule has 0 fully saturated rings. The normalized spacial score (nSPS) is 19.2. The quantitative estimate of drug-likeness (QED) is 0.468. The van der Waals surface area contributed by atoms with Crippen LogP contribution in [0.5, 0.6) is 0 Å². The van der Waals surface area contributed by atoms with Gasteiger partial charge in [0.25, 0.3) is 0 Å². The summed E-state index contributed by atoms with van der Waals surface area (Å²) in [6.45, 7) is 3.26. The summed E-state index contributed by atoms with van der Waals surface area (Å²) in [6.07, 6.45) is -2.45. The molecule has 6 heteroatoms. The predicted octanol–water partition coefficient (Wildman–Crippen LogP) is 2.99. The monoisotopic (exact) mass is 418 g/mol. The number of aliphatic hydroxyl groups excluding tert-OH is 3. The van der Waals surface area contributed by atoms with Gasteiger partial charge in [-0.15, -0.1) is 11.8 Å². The Morgan fingerprint density at radius 3 is 2.41 bits per heavy atom. The lowest BCUT2D eigenvalue weighted by Crippen LogP contribution is -2.35. The molecule has 0 radical (unpaired) electrons. The summed E-state index contributed by atoms with van der Waals surface area (Å²) in [5.41, 5.74) is 4.34. The van der Waals surface area contributed by atoms with Crippen molar-refractivity contribution in [3.8, 4) is 0 Å². The number of aryl methyl sites for hydroxylation is 1. The number of hydrogen-bond donors (Lipinski definition) is 4. The fourth-order valence-corrected chi connectivity index (χ4v) is 4.96. The van der Waals surface area contributed by atoms with E-state index in [1.165, 1.54) is 22.9 Å². The van der Waals surface area contributed by atoms with E-state index in [0.29, 0.717) is 5.56 Å². The fourth-order valence-electron chi connectivity index (χ4n) is 3.71. The lowest BCUT2D eigenvalue weighted by Gasteiger charge is -2.27. The summed E-state index contributed by atoms with van der Waals surface area (Å²) in [7, 11) is 0. The van der Waals surface area contributed by atoms with Crippen molar-refractivity contribution in [3.05, 3.63) is 64.7 Å². The minimum Gasteiger partial charge on any atom is -0.394 e. The van der Waals surface area contributed by atoms with Crippen LogP contribution in [0.2, 0.25) is 0 Å². The number of aliphatic hydroxyl groups is 4. The van der Waals surface area contributed by atoms with Gasteiger partial charge < -0.3 is 25.2 Å². The molecule has 4 N–H and O–H groups in total. The third-order valence-corrected chi connectivity index (χ3v) is 6.56. The molecule has 158 valence electrons. The van der Waals surface area contributed by atoms with E-state index in [1.54, 1.807) is 11.8 Å². The van der Waals surface area contributed by atoms with Crippen LogP contribution in [0.4, 0.5) is 0 Å². The Kier molecular flexibility index (Phi) is 7.73. The fraction of sp³-hybridized carbons (Fsp3) is 0.478. The van der Waals surface area contributed by atoms with Crippen molar-refractivity contribution in [3.63, 3.8) is 0 Å². The van der Waals surface area contributed by atoms with E-state index in [0.717, 1.165) is 24.2 Å². The van der Waals surface area contributed by atoms with Crippen LogP contribution in [0.1, 0.15) is 54.5 Å². The zero-order valence-electron chi connectivity index (χ0n) is 16.9. The van der Waals surface area contributed by atoms with Crippen LogP contribution < -0.4 is 0 Å². The maximum absolute atomic E-state index is 9.87. The second-order valence-corrected chi connectivity index (χ2v) is 8.65. The van der Waals surface area contributed by atoms with Gasteiger partial charge in [-0.25, -0.2) is 0 Å². The smallest absolute Gasteiger partial charge is 0.182 e. The maximum Gasteiger partial charge on any atom is 0.182 e. The average molecular weight is 419 g/mol. The Morgan fingerprint density at radius 2 is 1.83 bits per heavy atom. The topological polar surface area (TPSA) is 90.2 Å². The first-order valence-corrected chi connectivity index (χ1v) is 11.1. The van der Waals surface area contributed by atoms with Gasteiger partial charge in [0.2, 0.25) is 0 Å². The molecule has 0 aliphatic carbocycles. The first-order valence-electron chi connectivity index (χ1n) is 10.1. The van der Waals surface area contributed by atoms with Crippen LogP contribution in [-0.2, 0) is 11.2 Å². The third-order valence-electron chi connectivity index (χ3n) is 5.37. The first-order chi connectivity index (χ1) is 13.9. The molecule has 5 nitrogen and oxygen atoms in total. The van der Waals surface area contributed by atoms with E-state index in [2.05, 4.69) is 31.2 Å². The number of ether oxygens (including phenoxy) is 1. The molecule has 0 bridgehead atoms. The Bertz CT molecular complexity index is 790. The van der Waals surface area contributed by atoms with E-state index in [-0.39, 0.29) is 5.92 Å². The molecule has 0 saturated carbocycles. The van der Waals surface area contributed by atoms with Crippen LogP contribution >= 0.6 is 11.8 Å². The highest BCUT2D eigenvalue weighted by Gasteiger charge is 2.30. The van der Waals surface area contributed by atoms with Crippen molar-refractivity contribution >= 4 is 11.8 Å². The van der Waals surface area contributed by atoms with Gasteiger partial charge in [-0.3, -0.25) is 0 Å². The van der Waals surface area contributed by atoms with Crippen molar-refractivity contribution in [2.24, 2.45) is 0 Å². The van der Waals surface area contributed by atoms with Gasteiger partial charge >= 0.3 is 0 Å². The van der Waals surface area contributed by atoms with Crippen molar-refractivity contribution < 1.29 is 25.2 Å². The molecular formula is C23H30O5S. The number of benzene rings is 2. The summed E-state index contributed by atoms with van der Waals surface area (Å²) in [4.78, 5) is 1.18. The highest BCUT2D eigenvalue weighted by Crippen LogP contribution is 2.44. The van der Waals surface area contributed by atoms with Gasteiger partial charge in [-0.1, -0.05) is 49.7 Å². The average Bonchev–Trinajstić information content (AvgIpc) is 3.12. The molecule has 1 heterocycles. The molecule has 29 heavy (non-hydrogen) atoms. The van der Waals surface area contributed by atoms with Gasteiger partial charge in [0, 0.05) is 16.6 Å². The summed E-state index contributed by atoms with van der Waals surface area (Å²) in [5, 5.41) is 38.9. The molecule has 0 aromatic heterocycles. The Hall–Kier alpha value is -1.41. The van der Waals surface area contributed by atoms with Crippen LogP contribution in [0, 0.1) is 0 Å². The highest BCUT2D eigenvalue weighted by atomic mass is 32.2. The molecule has 4 atom stereocenters. The molecule has 0 amide bonds. The maximum atomic E-state index is 9.87. The Morgan fingerprint density at radius 1 is 1.10 bits per heavy atom. The minimum atomic E-state index is -1.76. The van der Waals surface area contributed by atoms with E-state index >= 15 is 0 Å². The number of fused-ring (bicyclic) bond motifs is 1. The van der Waals surface area contributed by atoms with Gasteiger partial charge in [0.1, 0.15) is 12.2 Å². The molecule has 3 unspecified atom stereocenters. The molecule has 0 saturated heterocycles. The van der Waals surface area contributed by atoms with Crippen LogP contribution in [0.3, 0.4) is 0 Å². The number of rotatable bonds is 9. The van der Waals surface area contributed by atoms with Gasteiger partial charge in [-0.2, -0.15) is 0 Å². The molecule has 1 aliphatic heterocycles. The van der Waals surface area contributed by atoms with E-state index in [1.807, 2.05) is 18.2 Å². The van der Waals surface area contributed by atoms with E-state index < -0.39 is 31.2 Å². The predicted molar refractivity (Wildman–Crippen MR) is 114 cm³/mol. The molecule has 3 rings (SSSR count). The SMILES string of the molecule is CCCc1ccc([C@@H]2CSc3ccc(C(OC(CO)C(C)O)C(O)O)cc32)cc1. The standard InChI is InChI=1S/C23H30O5S/c1-3-4-15-5-7-16(8-6-15)19-13-29-21-10-9-17(11-18(19)21)22(23(26)27)28-20(12-24)14(2)25/h5-11,14,19-20,22-27H,3-4,12-13H2,1-2H3/t14?,19-,20?,22?/m0/s1. The van der Waals surface area contributed by atoms with Crippen LogP contribution in [0.15, 0.2) is 47.4 Å². The van der Waals surface area contributed by atoms with E-state index in [4.69, 9.17) is 4.74 Å². The van der Waals surface area contributed by atoms with Gasteiger partial charge in [-0.05, 0) is 41.7 Å². The van der Waals surface area contributed by atoms with Crippen molar-refractivity contribution in [1.82, 2.24) is 0 Å². The largest absolute Gasteiger partial charge is 0.394 e. The van der Waals surface area contributed by atoms with Crippen molar-refractivity contribution in [2.75, 3.05) is 12.4 Å². The van der Waals surface area contributed by atoms with Crippen LogP contribution in [0.25, 0.3) is 0 Å². The lowest BCUT2D eigenvalue weighted by atomic mass is 9.90. The zero-order chi connectivity index (χ0) is 21.0. The second-order valence-electron chi connectivity index (χ2n) is 7.58. The third kappa shape index (κ3) is 5.20. The summed E-state index contributed by atoms with van der Waals surface area (Å²) >= 11 is 1.79. The van der Waals surface area contributed by atoms with Gasteiger partial charge in [0.15, 0.2) is 6.29 Å². The minimum absolute atomic E-state index is 0.229. The highest BCUT2D eigenvalue weighted by molar-refractivity contribution is 7.99.